The Kier molecular flexibility index (Phi) is 6.32. The molecule has 0 saturated heterocycles. The van der Waals surface area contributed by atoms with Gasteiger partial charge < -0.3 is 10.1 Å². The van der Waals surface area contributed by atoms with Gasteiger partial charge >= 0.3 is 0 Å². The average Bonchev–Trinajstić information content (AvgIpc) is 3.10. The number of amidine groups is 2. The van der Waals surface area contributed by atoms with E-state index in [4.69, 9.17) is 14.7 Å². The maximum atomic E-state index is 13.2. The Morgan fingerprint density at radius 2 is 1.88 bits per heavy atom. The summed E-state index contributed by atoms with van der Waals surface area (Å²) in [5.41, 5.74) is 2.27. The van der Waals surface area contributed by atoms with Crippen molar-refractivity contribution in [3.05, 3.63) is 54.1 Å². The van der Waals surface area contributed by atoms with Crippen LogP contribution in [0.3, 0.4) is 0 Å². The van der Waals surface area contributed by atoms with Gasteiger partial charge in [0.15, 0.2) is 5.17 Å². The van der Waals surface area contributed by atoms with Crippen LogP contribution < -0.4 is 10.1 Å². The number of benzene rings is 2. The normalized spacial score (nSPS) is 18.0. The Labute approximate surface area is 192 Å². The topological polar surface area (TPSA) is 83.4 Å². The smallest absolute Gasteiger partial charge is 0.259 e. The second-order valence-corrected chi connectivity index (χ2v) is 9.47. The van der Waals surface area contributed by atoms with Gasteiger partial charge in [-0.3, -0.25) is 14.6 Å². The second-order valence-electron chi connectivity index (χ2n) is 8.16. The van der Waals surface area contributed by atoms with Crippen LogP contribution in [-0.2, 0) is 9.59 Å². The summed E-state index contributed by atoms with van der Waals surface area (Å²) >= 11 is 1.26. The largest absolute Gasteiger partial charge is 0.497 e. The van der Waals surface area contributed by atoms with E-state index in [0.29, 0.717) is 29.0 Å². The van der Waals surface area contributed by atoms with Gasteiger partial charge in [-0.1, -0.05) is 37.7 Å². The molecule has 0 radical (unpaired) electrons. The maximum absolute atomic E-state index is 13.2. The molecular formula is C24H26N4O3S. The van der Waals surface area contributed by atoms with Crippen molar-refractivity contribution < 1.29 is 14.3 Å². The van der Waals surface area contributed by atoms with E-state index in [2.05, 4.69) is 19.2 Å². The Hall–Kier alpha value is -3.13. The first kappa shape index (κ1) is 22.1. The highest BCUT2D eigenvalue weighted by Crippen LogP contribution is 2.35. The summed E-state index contributed by atoms with van der Waals surface area (Å²) < 4.78 is 5.15. The zero-order valence-electron chi connectivity index (χ0n) is 18.5. The highest BCUT2D eigenvalue weighted by Gasteiger charge is 2.42. The molecule has 2 aliphatic rings. The molecule has 0 spiro atoms. The molecular weight excluding hydrogens is 424 g/mol. The molecule has 0 saturated carbocycles. The predicted octanol–water partition coefficient (Wildman–Crippen LogP) is 4.46. The van der Waals surface area contributed by atoms with Crippen molar-refractivity contribution in [1.29, 1.82) is 0 Å². The average molecular weight is 451 g/mol. The summed E-state index contributed by atoms with van der Waals surface area (Å²) in [7, 11) is 1.60. The Bertz CT molecular complexity index is 1090. The lowest BCUT2D eigenvalue weighted by atomic mass is 10.0. The van der Waals surface area contributed by atoms with E-state index in [1.54, 1.807) is 43.2 Å². The molecule has 0 bridgehead atoms. The summed E-state index contributed by atoms with van der Waals surface area (Å²) in [5, 5.41) is 2.91. The van der Waals surface area contributed by atoms with Gasteiger partial charge in [0, 0.05) is 11.3 Å². The summed E-state index contributed by atoms with van der Waals surface area (Å²) in [4.78, 5) is 37.1. The molecule has 0 fully saturated rings. The fourth-order valence-corrected chi connectivity index (χ4v) is 4.53. The minimum atomic E-state index is -0.473. The SMILES string of the molecule is COc1ccc(NC(=O)C(C)SC2=Nc3ccccc3C3=NC(CC(C)C)C(=O)N23)cc1. The Balaban J connectivity index is 1.55. The molecule has 4 rings (SSSR count). The number of carbonyl (C=O) groups excluding carboxylic acids is 2. The number of ether oxygens (including phenoxy) is 1. The van der Waals surface area contributed by atoms with Crippen molar-refractivity contribution in [2.24, 2.45) is 15.9 Å². The molecule has 2 heterocycles. The molecule has 166 valence electrons. The van der Waals surface area contributed by atoms with Gasteiger partial charge in [-0.2, -0.15) is 0 Å². The lowest BCUT2D eigenvalue weighted by Gasteiger charge is -2.27. The monoisotopic (exact) mass is 450 g/mol. The standard InChI is InChI=1S/C24H26N4O3S/c1-14(2)13-20-23(30)28-21(26-20)18-7-5-6-8-19(18)27-24(28)32-15(3)22(29)25-16-9-11-17(31-4)12-10-16/h5-12,14-15,20H,13H2,1-4H3,(H,25,29). The van der Waals surface area contributed by atoms with E-state index in [1.165, 1.54) is 11.8 Å². The number of rotatable bonds is 6. The van der Waals surface area contributed by atoms with E-state index in [1.807, 2.05) is 24.3 Å². The first-order valence-electron chi connectivity index (χ1n) is 10.6. The van der Waals surface area contributed by atoms with Crippen LogP contribution in [0.1, 0.15) is 32.8 Å². The third-order valence-corrected chi connectivity index (χ3v) is 6.30. The molecule has 2 aromatic carbocycles. The van der Waals surface area contributed by atoms with Gasteiger partial charge in [0.05, 0.1) is 18.0 Å². The Morgan fingerprint density at radius 1 is 1.16 bits per heavy atom. The lowest BCUT2D eigenvalue weighted by molar-refractivity contribution is -0.125. The van der Waals surface area contributed by atoms with Crippen molar-refractivity contribution in [3.8, 4) is 5.75 Å². The van der Waals surface area contributed by atoms with Gasteiger partial charge in [-0.05, 0) is 55.7 Å². The Morgan fingerprint density at radius 3 is 2.56 bits per heavy atom. The molecule has 2 amide bonds. The van der Waals surface area contributed by atoms with Crippen LogP contribution in [0.2, 0.25) is 0 Å². The molecule has 1 N–H and O–H groups in total. The zero-order chi connectivity index (χ0) is 22.8. The van der Waals surface area contributed by atoms with Gasteiger partial charge in [-0.25, -0.2) is 9.89 Å². The number of para-hydroxylation sites is 1. The van der Waals surface area contributed by atoms with Crippen LogP contribution >= 0.6 is 11.8 Å². The lowest BCUT2D eigenvalue weighted by Crippen LogP contribution is -2.42. The number of hydrogen-bond donors (Lipinski definition) is 1. The maximum Gasteiger partial charge on any atom is 0.259 e. The van der Waals surface area contributed by atoms with Crippen molar-refractivity contribution in [3.63, 3.8) is 0 Å². The first-order valence-corrected chi connectivity index (χ1v) is 11.5. The molecule has 2 unspecified atom stereocenters. The summed E-state index contributed by atoms with van der Waals surface area (Å²) in [6.07, 6.45) is 0.673. The fraction of sp³-hybridized carbons (Fsp3) is 0.333. The highest BCUT2D eigenvalue weighted by molar-refractivity contribution is 8.15. The van der Waals surface area contributed by atoms with Gasteiger partial charge in [0.25, 0.3) is 5.91 Å². The predicted molar refractivity (Wildman–Crippen MR) is 129 cm³/mol. The van der Waals surface area contributed by atoms with E-state index in [0.717, 1.165) is 17.0 Å². The number of hydrogen-bond acceptors (Lipinski definition) is 6. The van der Waals surface area contributed by atoms with Gasteiger partial charge in [0.2, 0.25) is 5.91 Å². The van der Waals surface area contributed by atoms with Crippen LogP contribution in [0.5, 0.6) is 5.75 Å². The first-order chi connectivity index (χ1) is 15.4. The molecule has 32 heavy (non-hydrogen) atoms. The molecule has 7 nitrogen and oxygen atoms in total. The van der Waals surface area contributed by atoms with Crippen LogP contribution in [0.15, 0.2) is 58.5 Å². The number of amides is 2. The van der Waals surface area contributed by atoms with E-state index < -0.39 is 11.3 Å². The number of nitrogens with one attached hydrogen (secondary N) is 1. The second kappa shape index (κ2) is 9.16. The van der Waals surface area contributed by atoms with E-state index >= 15 is 0 Å². The van der Waals surface area contributed by atoms with Crippen molar-refractivity contribution in [2.75, 3.05) is 12.4 Å². The highest BCUT2D eigenvalue weighted by atomic mass is 32.2. The van der Waals surface area contributed by atoms with Crippen LogP contribution in [0.25, 0.3) is 0 Å². The number of fused-ring (bicyclic) bond motifs is 3. The van der Waals surface area contributed by atoms with Crippen molar-refractivity contribution in [1.82, 2.24) is 4.90 Å². The number of thioether (sulfide) groups is 1. The van der Waals surface area contributed by atoms with Gasteiger partial charge in [0.1, 0.15) is 17.6 Å². The number of methoxy groups -OCH3 is 1. The van der Waals surface area contributed by atoms with Crippen LogP contribution in [-0.4, -0.2) is 46.1 Å². The minimum absolute atomic E-state index is 0.0859. The minimum Gasteiger partial charge on any atom is -0.497 e. The third kappa shape index (κ3) is 4.41. The van der Waals surface area contributed by atoms with E-state index in [9.17, 15) is 9.59 Å². The number of aliphatic imine (C=N–C) groups is 2. The fourth-order valence-electron chi connectivity index (χ4n) is 3.61. The van der Waals surface area contributed by atoms with Crippen LogP contribution in [0, 0.1) is 5.92 Å². The third-order valence-electron chi connectivity index (χ3n) is 5.25. The number of carbonyl (C=O) groups is 2. The van der Waals surface area contributed by atoms with Crippen molar-refractivity contribution in [2.45, 2.75) is 38.5 Å². The van der Waals surface area contributed by atoms with Crippen molar-refractivity contribution >= 4 is 46.0 Å². The number of anilines is 1. The van der Waals surface area contributed by atoms with E-state index in [-0.39, 0.29) is 11.8 Å². The molecule has 8 heteroatoms. The summed E-state index contributed by atoms with van der Waals surface area (Å²) in [6, 6.07) is 14.4. The number of nitrogens with zero attached hydrogens (tertiary/aromatic N) is 3. The zero-order valence-corrected chi connectivity index (χ0v) is 19.3. The van der Waals surface area contributed by atoms with Gasteiger partial charge in [-0.15, -0.1) is 0 Å². The summed E-state index contributed by atoms with van der Waals surface area (Å²) in [5.74, 6) is 1.42. The quantitative estimate of drug-likeness (QED) is 0.704. The molecule has 2 aromatic rings. The summed E-state index contributed by atoms with van der Waals surface area (Å²) in [6.45, 7) is 5.96. The molecule has 0 aliphatic carbocycles. The van der Waals surface area contributed by atoms with Crippen LogP contribution in [0.4, 0.5) is 11.4 Å². The molecule has 2 aliphatic heterocycles. The molecule has 2 atom stereocenters. The molecule has 0 aromatic heterocycles.